The summed E-state index contributed by atoms with van der Waals surface area (Å²) < 4.78 is 31.6. The first-order valence-electron chi connectivity index (χ1n) is 14.1. The van der Waals surface area contributed by atoms with Gasteiger partial charge in [-0.25, -0.2) is 0 Å². The number of ether oxygens (including phenoxy) is 6. The van der Waals surface area contributed by atoms with Gasteiger partial charge in [0.2, 0.25) is 23.5 Å². The quantitative estimate of drug-likeness (QED) is 0.111. The molecule has 0 amide bonds. The molecule has 0 aliphatic carbocycles. The van der Waals surface area contributed by atoms with Gasteiger partial charge in [0.25, 0.3) is 0 Å². The molecule has 0 fully saturated rings. The van der Waals surface area contributed by atoms with Gasteiger partial charge in [-0.05, 0) is 34.9 Å². The van der Waals surface area contributed by atoms with Crippen LogP contribution in [0.15, 0.2) is 60.7 Å². The van der Waals surface area contributed by atoms with Crippen LogP contribution in [0, 0.1) is 157 Å². The third-order valence-electron chi connectivity index (χ3n) is 7.27. The van der Waals surface area contributed by atoms with Gasteiger partial charge in [-0.1, -0.05) is 68.1 Å². The van der Waals surface area contributed by atoms with Crippen molar-refractivity contribution in [3.63, 3.8) is 0 Å². The summed E-state index contributed by atoms with van der Waals surface area (Å²) in [5, 5.41) is 1.72. The molecule has 2 N–H and O–H groups in total. The van der Waals surface area contributed by atoms with Crippen molar-refractivity contribution in [1.82, 2.24) is 9.97 Å². The fourth-order valence-electron chi connectivity index (χ4n) is 4.77. The molecular formula is C34H46Ar4ClN4O6P2Ru+. The van der Waals surface area contributed by atoms with Gasteiger partial charge < -0.3 is 39.9 Å². The average molecular weight is 965 g/mol. The van der Waals surface area contributed by atoms with E-state index in [0.29, 0.717) is 23.5 Å². The number of nitrogens with zero attached hydrogens (tertiary/aromatic N) is 2. The number of hydrogen-bond donors (Lipinski definition) is 0. The van der Waals surface area contributed by atoms with Crippen LogP contribution in [-0.4, -0.2) is 58.7 Å². The summed E-state index contributed by atoms with van der Waals surface area (Å²) in [6, 6.07) is 17.9. The van der Waals surface area contributed by atoms with E-state index in [2.05, 4.69) is 38.1 Å². The van der Waals surface area contributed by atoms with Gasteiger partial charge >= 0.3 is 27.0 Å². The van der Waals surface area contributed by atoms with E-state index in [9.17, 15) is 0 Å². The second-order valence-corrected chi connectivity index (χ2v) is 11.5. The molecule has 2 aromatic carbocycles. The molecule has 3 atom stereocenters. The second-order valence-electron chi connectivity index (χ2n) is 10.3. The van der Waals surface area contributed by atoms with Crippen molar-refractivity contribution in [2.75, 3.05) is 42.7 Å². The van der Waals surface area contributed by atoms with Crippen LogP contribution in [0.5, 0.6) is 35.0 Å². The summed E-state index contributed by atoms with van der Waals surface area (Å²) in [5.74, 6) is 3.34. The minimum atomic E-state index is -1.15. The Bertz CT molecular complexity index is 1480. The van der Waals surface area contributed by atoms with Crippen molar-refractivity contribution in [2.24, 2.45) is 5.92 Å². The molecule has 18 heteroatoms. The first kappa shape index (κ1) is 60.9. The normalized spacial score (nSPS) is 10.2. The van der Waals surface area contributed by atoms with Crippen LogP contribution in [0.2, 0.25) is 0 Å². The molecular weight excluding hydrogens is 919 g/mol. The molecule has 10 nitrogen and oxygen atoms in total. The third kappa shape index (κ3) is 16.1. The second kappa shape index (κ2) is 31.2. The molecule has 0 aliphatic heterocycles. The van der Waals surface area contributed by atoms with Crippen LogP contribution in [0.3, 0.4) is 0 Å². The van der Waals surface area contributed by atoms with Crippen molar-refractivity contribution < 1.29 is 197 Å². The zero-order valence-electron chi connectivity index (χ0n) is 29.1. The fourth-order valence-corrected chi connectivity index (χ4v) is 5.60. The zero-order chi connectivity index (χ0) is 35.3. The number of aromatic nitrogens is 2. The van der Waals surface area contributed by atoms with Gasteiger partial charge in [-0.2, -0.15) is 9.97 Å². The number of methoxy groups -OCH3 is 6. The molecule has 0 spiro atoms. The Labute approximate surface area is 448 Å². The summed E-state index contributed by atoms with van der Waals surface area (Å²) in [6.07, 6.45) is 0. The molecule has 0 saturated heterocycles. The molecule has 4 aromatic rings. The molecule has 0 aliphatic rings. The Balaban J connectivity index is -0.000000387. The zero-order valence-corrected chi connectivity index (χ0v) is 36.7. The van der Waals surface area contributed by atoms with E-state index in [4.69, 9.17) is 39.9 Å². The summed E-state index contributed by atoms with van der Waals surface area (Å²) >= 11 is 1.82. The molecule has 2 heterocycles. The van der Waals surface area contributed by atoms with E-state index < -0.39 is 11.6 Å². The average Bonchev–Trinajstić information content (AvgIpc) is 3.11. The predicted octanol–water partition coefficient (Wildman–Crippen LogP) is 7.58. The Morgan fingerprint density at radius 3 is 1.15 bits per heavy atom. The predicted molar refractivity (Wildman–Crippen MR) is 199 cm³/mol. The van der Waals surface area contributed by atoms with Crippen molar-refractivity contribution in [1.29, 1.82) is 0 Å². The summed E-state index contributed by atoms with van der Waals surface area (Å²) in [4.78, 5) is 8.65. The van der Waals surface area contributed by atoms with E-state index in [1.165, 1.54) is 0 Å². The molecule has 0 radical (unpaired) electrons. The van der Waals surface area contributed by atoms with Crippen LogP contribution in [0.1, 0.15) is 32.4 Å². The van der Waals surface area contributed by atoms with Crippen LogP contribution in [-0.2, 0) is 22.9 Å². The van der Waals surface area contributed by atoms with E-state index >= 15 is 0 Å². The van der Waals surface area contributed by atoms with Crippen LogP contribution in [0.4, 0.5) is 0 Å². The number of rotatable bonds is 11. The number of pyridine rings is 2. The molecule has 2 unspecified atom stereocenters. The van der Waals surface area contributed by atoms with E-state index in [1.807, 2.05) is 79.7 Å². The SMILES string of the molecule is C.COc1cc(P)c(-c2c(P)cc(OC)nc2OC)c(OC)n1.COc1ccc(C([NH-])(c2ccc(OC)cc2)[C@@H]([NH-])C(C)C)cc1.[Ar].[Ar].[Ar].[Ar].[Cl][Ru+3]. The standard InChI is InChI=1S/C19H24N2O2.C14H18N2O4P2.CH4.4Ar.ClH.Ru/c1-13(2)18(20)19(21,14-5-9-16(22-3)10-6-14)15-7-11-17(23-4)12-8-15;1-17-9-5-7(21)11(13(15-9)19-3)12-8(22)6-10(18-2)16-14(12)20-4;;;;;;;/h5-13,18,20-21H,1-4H3;5-6H,21-22H2,1-4H3;1H4;;;;;1H;/q-2;;;;;;;;+4/p-1/t18-;;;;;;;;/m0......../s1. The number of hydrogen-bond acceptors (Lipinski definition) is 8. The Kier molecular flexibility index (Phi) is 36.6. The molecule has 0 bridgehead atoms. The minimum absolute atomic E-state index is 0. The maximum atomic E-state index is 9.12. The van der Waals surface area contributed by atoms with Gasteiger partial charge in [0, 0.05) is 163 Å². The van der Waals surface area contributed by atoms with Crippen molar-refractivity contribution >= 4 is 38.8 Å². The van der Waals surface area contributed by atoms with Gasteiger partial charge in [0.1, 0.15) is 11.5 Å². The van der Waals surface area contributed by atoms with Gasteiger partial charge in [-0.15, -0.1) is 24.5 Å². The first-order chi connectivity index (χ1) is 22.5. The third-order valence-corrected chi connectivity index (χ3v) is 8.18. The van der Waals surface area contributed by atoms with Crippen LogP contribution < -0.4 is 39.0 Å². The summed E-state index contributed by atoms with van der Waals surface area (Å²) in [7, 11) is 19.3. The number of benzene rings is 2. The first-order valence-corrected chi connectivity index (χ1v) is 17.5. The van der Waals surface area contributed by atoms with E-state index in [1.54, 1.807) is 54.8 Å². The molecule has 294 valence electrons. The van der Waals surface area contributed by atoms with Gasteiger partial charge in [0.15, 0.2) is 0 Å². The van der Waals surface area contributed by atoms with Crippen LogP contribution >= 0.6 is 28.2 Å². The van der Waals surface area contributed by atoms with E-state index in [0.717, 1.165) is 44.4 Å². The molecule has 52 heavy (non-hydrogen) atoms. The topological polar surface area (TPSA) is 129 Å². The molecule has 0 saturated carbocycles. The Morgan fingerprint density at radius 2 is 0.923 bits per heavy atom. The monoisotopic (exact) mass is 965 g/mol. The van der Waals surface area contributed by atoms with E-state index in [-0.39, 0.29) is 164 Å². The number of nitrogens with one attached hydrogen (secondary N) is 2. The molecule has 2 aromatic heterocycles. The maximum absolute atomic E-state index is 9.12. The van der Waals surface area contributed by atoms with Gasteiger partial charge in [0.05, 0.1) is 53.8 Å². The summed E-state index contributed by atoms with van der Waals surface area (Å²) in [6.45, 7) is 3.96. The van der Waals surface area contributed by atoms with Crippen LogP contribution in [0.25, 0.3) is 22.6 Å². The van der Waals surface area contributed by atoms with Crippen molar-refractivity contribution in [3.05, 3.63) is 83.3 Å². The molecule has 4 rings (SSSR count). The number of halogens is 1. The Hall–Kier alpha value is 2.27. The van der Waals surface area contributed by atoms with Crippen molar-refractivity contribution in [3.8, 4) is 46.1 Å². The van der Waals surface area contributed by atoms with Crippen molar-refractivity contribution in [2.45, 2.75) is 32.9 Å². The van der Waals surface area contributed by atoms with Gasteiger partial charge in [-0.3, -0.25) is 0 Å². The Morgan fingerprint density at radius 1 is 0.615 bits per heavy atom. The summed E-state index contributed by atoms with van der Waals surface area (Å²) in [5.41, 5.74) is 19.7. The fraction of sp³-hybridized carbons (Fsp3) is 0.353.